The maximum Gasteiger partial charge on any atom is 0.318 e. The number of hydrogen-bond acceptors (Lipinski definition) is 4. The first-order chi connectivity index (χ1) is 15.2. The highest BCUT2D eigenvalue weighted by molar-refractivity contribution is 5.88. The predicted molar refractivity (Wildman–Crippen MR) is 113 cm³/mol. The Morgan fingerprint density at radius 2 is 1.94 bits per heavy atom. The van der Waals surface area contributed by atoms with Gasteiger partial charge in [0.05, 0.1) is 6.07 Å². The van der Waals surface area contributed by atoms with Crippen LogP contribution in [-0.2, 0) is 11.2 Å². The SMILES string of the molecule is N#CC1(NC(=O)[C@H](CC(F)(F)Cc2cccnc2)NC(=O)N2CCC3(CCC3)CC2)CC1. The molecule has 1 aromatic heterocycles. The van der Waals surface area contributed by atoms with Crippen molar-refractivity contribution in [1.82, 2.24) is 20.5 Å². The first-order valence-corrected chi connectivity index (χ1v) is 11.3. The number of carbonyl (C=O) groups is 2. The molecule has 0 unspecified atom stereocenters. The molecule has 3 amide bonds. The molecule has 1 aliphatic heterocycles. The van der Waals surface area contributed by atoms with Crippen LogP contribution in [0.25, 0.3) is 0 Å². The second kappa shape index (κ2) is 8.64. The van der Waals surface area contributed by atoms with Crippen molar-refractivity contribution in [2.45, 2.75) is 75.3 Å². The molecule has 1 spiro atoms. The highest BCUT2D eigenvalue weighted by atomic mass is 19.3. The van der Waals surface area contributed by atoms with Crippen LogP contribution in [0.4, 0.5) is 13.6 Å². The van der Waals surface area contributed by atoms with Gasteiger partial charge in [-0.05, 0) is 55.6 Å². The summed E-state index contributed by atoms with van der Waals surface area (Å²) in [6.07, 6.45) is 7.80. The van der Waals surface area contributed by atoms with E-state index in [1.54, 1.807) is 17.0 Å². The molecular formula is C23H29F2N5O2. The number of pyridine rings is 1. The minimum atomic E-state index is -3.24. The summed E-state index contributed by atoms with van der Waals surface area (Å²) < 4.78 is 29.7. The minimum Gasteiger partial charge on any atom is -0.336 e. The monoisotopic (exact) mass is 445 g/mol. The van der Waals surface area contributed by atoms with Crippen molar-refractivity contribution in [2.24, 2.45) is 5.41 Å². The Bertz CT molecular complexity index is 883. The summed E-state index contributed by atoms with van der Waals surface area (Å²) >= 11 is 0. The lowest BCUT2D eigenvalue weighted by Gasteiger charge is -2.48. The quantitative estimate of drug-likeness (QED) is 0.674. The van der Waals surface area contributed by atoms with Crippen molar-refractivity contribution in [3.05, 3.63) is 30.1 Å². The molecule has 2 heterocycles. The van der Waals surface area contributed by atoms with Crippen molar-refractivity contribution in [3.8, 4) is 6.07 Å². The fourth-order valence-corrected chi connectivity index (χ4v) is 4.70. The van der Waals surface area contributed by atoms with Crippen molar-refractivity contribution in [3.63, 3.8) is 0 Å². The molecule has 32 heavy (non-hydrogen) atoms. The summed E-state index contributed by atoms with van der Waals surface area (Å²) in [6.45, 7) is 1.13. The van der Waals surface area contributed by atoms with Gasteiger partial charge in [-0.1, -0.05) is 12.5 Å². The van der Waals surface area contributed by atoms with Gasteiger partial charge >= 0.3 is 6.03 Å². The number of halogens is 2. The number of nitriles is 1. The highest BCUT2D eigenvalue weighted by Crippen LogP contribution is 2.48. The van der Waals surface area contributed by atoms with Crippen LogP contribution in [0.1, 0.15) is 56.9 Å². The number of urea groups is 1. The van der Waals surface area contributed by atoms with E-state index in [4.69, 9.17) is 0 Å². The van der Waals surface area contributed by atoms with Gasteiger partial charge in [-0.2, -0.15) is 5.26 Å². The maximum atomic E-state index is 14.9. The number of nitrogens with one attached hydrogen (secondary N) is 2. The molecule has 0 bridgehead atoms. The third kappa shape index (κ3) is 5.17. The first-order valence-electron chi connectivity index (χ1n) is 11.3. The van der Waals surface area contributed by atoms with E-state index >= 15 is 0 Å². The van der Waals surface area contributed by atoms with E-state index in [2.05, 4.69) is 15.6 Å². The predicted octanol–water partition coefficient (Wildman–Crippen LogP) is 3.17. The standard InChI is InChI=1S/C23H29F2N5O2/c24-23(25,13-17-3-1-10-27-15-17)14-18(19(31)29-22(16-26)6-7-22)28-20(32)30-11-8-21(9-12-30)4-2-5-21/h1,3,10,15,18H,2,4-9,11-14H2,(H,28,32)(H,29,31)/t18-/m0/s1. The van der Waals surface area contributed by atoms with E-state index < -0.39 is 42.3 Å². The third-order valence-electron chi connectivity index (χ3n) is 7.15. The van der Waals surface area contributed by atoms with Gasteiger partial charge in [0.2, 0.25) is 5.91 Å². The van der Waals surface area contributed by atoms with Crippen LogP contribution in [-0.4, -0.2) is 52.4 Å². The topological polar surface area (TPSA) is 98.1 Å². The molecule has 1 atom stereocenters. The van der Waals surface area contributed by atoms with Crippen molar-refractivity contribution >= 4 is 11.9 Å². The van der Waals surface area contributed by atoms with Crippen LogP contribution in [0.3, 0.4) is 0 Å². The number of nitrogens with zero attached hydrogens (tertiary/aromatic N) is 3. The summed E-state index contributed by atoms with van der Waals surface area (Å²) in [5.74, 6) is -3.98. The number of hydrogen-bond donors (Lipinski definition) is 2. The Morgan fingerprint density at radius 3 is 2.47 bits per heavy atom. The van der Waals surface area contributed by atoms with Crippen LogP contribution >= 0.6 is 0 Å². The number of likely N-dealkylation sites (tertiary alicyclic amines) is 1. The number of aromatic nitrogens is 1. The molecule has 7 nitrogen and oxygen atoms in total. The van der Waals surface area contributed by atoms with Crippen LogP contribution in [0.15, 0.2) is 24.5 Å². The number of rotatable bonds is 7. The number of piperidine rings is 1. The van der Waals surface area contributed by atoms with E-state index in [9.17, 15) is 23.6 Å². The van der Waals surface area contributed by atoms with E-state index in [1.807, 2.05) is 6.07 Å². The summed E-state index contributed by atoms with van der Waals surface area (Å²) in [6, 6.07) is 3.22. The molecule has 0 radical (unpaired) electrons. The average molecular weight is 446 g/mol. The normalized spacial score (nSPS) is 21.7. The van der Waals surface area contributed by atoms with Crippen molar-refractivity contribution < 1.29 is 18.4 Å². The summed E-state index contributed by atoms with van der Waals surface area (Å²) in [5.41, 5.74) is -0.309. The molecule has 1 aromatic rings. The van der Waals surface area contributed by atoms with Crippen LogP contribution in [0.2, 0.25) is 0 Å². The fraction of sp³-hybridized carbons (Fsp3) is 0.652. The molecule has 2 saturated carbocycles. The zero-order valence-electron chi connectivity index (χ0n) is 18.1. The molecule has 2 aliphatic carbocycles. The van der Waals surface area contributed by atoms with Crippen molar-refractivity contribution in [2.75, 3.05) is 13.1 Å². The Labute approximate surface area is 186 Å². The number of carbonyl (C=O) groups excluding carboxylic acids is 2. The second-order valence-corrected chi connectivity index (χ2v) is 9.62. The number of amides is 3. The van der Waals surface area contributed by atoms with Crippen LogP contribution < -0.4 is 10.6 Å². The Balaban J connectivity index is 1.41. The lowest BCUT2D eigenvalue weighted by atomic mass is 9.63. The van der Waals surface area contributed by atoms with Gasteiger partial charge in [0.15, 0.2) is 0 Å². The zero-order chi connectivity index (χ0) is 22.8. The number of alkyl halides is 2. The van der Waals surface area contributed by atoms with Crippen molar-refractivity contribution in [1.29, 1.82) is 5.26 Å². The molecule has 172 valence electrons. The Hall–Kier alpha value is -2.76. The van der Waals surface area contributed by atoms with E-state index in [1.165, 1.54) is 31.7 Å². The molecule has 2 N–H and O–H groups in total. The van der Waals surface area contributed by atoms with E-state index in [0.717, 1.165) is 12.8 Å². The molecule has 3 fully saturated rings. The van der Waals surface area contributed by atoms with Crippen LogP contribution in [0, 0.1) is 16.7 Å². The zero-order valence-corrected chi connectivity index (χ0v) is 18.1. The smallest absolute Gasteiger partial charge is 0.318 e. The summed E-state index contributed by atoms with van der Waals surface area (Å²) in [4.78, 5) is 31.1. The molecule has 1 saturated heterocycles. The van der Waals surface area contributed by atoms with Gasteiger partial charge in [-0.3, -0.25) is 9.78 Å². The van der Waals surface area contributed by atoms with Crippen LogP contribution in [0.5, 0.6) is 0 Å². The van der Waals surface area contributed by atoms with E-state index in [-0.39, 0.29) is 0 Å². The van der Waals surface area contributed by atoms with E-state index in [0.29, 0.717) is 36.9 Å². The molecule has 0 aromatic carbocycles. The minimum absolute atomic E-state index is 0.343. The largest absolute Gasteiger partial charge is 0.336 e. The summed E-state index contributed by atoms with van der Waals surface area (Å²) in [5, 5.41) is 14.4. The molecular weight excluding hydrogens is 416 g/mol. The van der Waals surface area contributed by atoms with Gasteiger partial charge < -0.3 is 15.5 Å². The van der Waals surface area contributed by atoms with Gasteiger partial charge in [0.1, 0.15) is 11.6 Å². The first kappa shape index (κ1) is 22.4. The second-order valence-electron chi connectivity index (χ2n) is 9.62. The lowest BCUT2D eigenvalue weighted by molar-refractivity contribution is -0.126. The Morgan fingerprint density at radius 1 is 1.22 bits per heavy atom. The maximum absolute atomic E-state index is 14.9. The molecule has 3 aliphatic rings. The van der Waals surface area contributed by atoms with Gasteiger partial charge in [0.25, 0.3) is 5.92 Å². The van der Waals surface area contributed by atoms with Gasteiger partial charge in [0, 0.05) is 38.3 Å². The highest BCUT2D eigenvalue weighted by Gasteiger charge is 2.47. The Kier molecular flexibility index (Phi) is 6.06. The third-order valence-corrected chi connectivity index (χ3v) is 7.15. The van der Waals surface area contributed by atoms with Gasteiger partial charge in [-0.25, -0.2) is 13.6 Å². The molecule has 9 heteroatoms. The lowest BCUT2D eigenvalue weighted by Crippen LogP contribution is -2.56. The summed E-state index contributed by atoms with van der Waals surface area (Å²) in [7, 11) is 0. The molecule has 4 rings (SSSR count). The average Bonchev–Trinajstić information content (AvgIpc) is 3.52. The van der Waals surface area contributed by atoms with Gasteiger partial charge in [-0.15, -0.1) is 0 Å². The fourth-order valence-electron chi connectivity index (χ4n) is 4.70.